The molecule has 1 fully saturated rings. The van der Waals surface area contributed by atoms with E-state index in [0.717, 1.165) is 19.8 Å². The van der Waals surface area contributed by atoms with Crippen LogP contribution in [-0.2, 0) is 33.5 Å². The minimum Gasteiger partial charge on any atom is -0.480 e. The second-order valence-corrected chi connectivity index (χ2v) is 8.64. The van der Waals surface area contributed by atoms with Gasteiger partial charge in [0.15, 0.2) is 5.78 Å². The number of ether oxygens (including phenoxy) is 1. The van der Waals surface area contributed by atoms with Gasteiger partial charge in [-0.1, -0.05) is 6.42 Å². The summed E-state index contributed by atoms with van der Waals surface area (Å²) in [5, 5.41) is 69.0. The molecule has 260 valence electrons. The predicted molar refractivity (Wildman–Crippen MR) is 149 cm³/mol. The van der Waals surface area contributed by atoms with E-state index in [-0.39, 0.29) is 19.5 Å². The molecule has 0 radical (unpaired) electrons. The SMILES string of the molecule is CC(=O)C1(O)O[C@H](CO)[C@@H](O)[C@H](O)[C@H]1N.NC(=O)C[C@H](N)C(=O)O.NCC(=O)O.NCC(=O)O.NCCCC[C@H](N)C(=O)O. The maximum atomic E-state index is 11.1. The Hall–Kier alpha value is -3.42. The van der Waals surface area contributed by atoms with Gasteiger partial charge in [-0.15, -0.1) is 0 Å². The summed E-state index contributed by atoms with van der Waals surface area (Å²) in [5.41, 5.74) is 34.5. The number of carbonyl (C=O) groups is 6. The van der Waals surface area contributed by atoms with Crippen molar-refractivity contribution in [2.75, 3.05) is 26.2 Å². The fraction of sp³-hybridized carbons (Fsp3) is 0.727. The minimum absolute atomic E-state index is 0.278. The smallest absolute Gasteiger partial charge is 0.321 e. The summed E-state index contributed by atoms with van der Waals surface area (Å²) >= 11 is 0. The van der Waals surface area contributed by atoms with E-state index < -0.39 is 84.4 Å². The van der Waals surface area contributed by atoms with E-state index in [1.54, 1.807) is 0 Å². The highest BCUT2D eigenvalue weighted by atomic mass is 16.7. The topological polar surface area (TPSA) is 456 Å². The second-order valence-electron chi connectivity index (χ2n) is 8.64. The number of aliphatic hydroxyl groups is 4. The number of aliphatic carboxylic acids is 4. The molecule has 1 aliphatic heterocycles. The van der Waals surface area contributed by atoms with Crippen molar-refractivity contribution in [1.29, 1.82) is 0 Å². The molecule has 0 bridgehead atoms. The number of hydrogen-bond acceptors (Lipinski definition) is 17. The molecule has 0 aromatic rings. The largest absolute Gasteiger partial charge is 0.480 e. The first-order valence-corrected chi connectivity index (χ1v) is 12.5. The number of carboxylic acid groups (broad SMARTS) is 4. The lowest BCUT2D eigenvalue weighted by molar-refractivity contribution is -0.296. The summed E-state index contributed by atoms with van der Waals surface area (Å²) in [4.78, 5) is 59.6. The van der Waals surface area contributed by atoms with E-state index in [1.807, 2.05) is 0 Å². The normalized spacial score (nSPS) is 23.1. The lowest BCUT2D eigenvalue weighted by Crippen LogP contribution is -2.70. The van der Waals surface area contributed by atoms with Gasteiger partial charge in [-0.3, -0.25) is 28.8 Å². The van der Waals surface area contributed by atoms with Crippen LogP contribution >= 0.6 is 0 Å². The molecular weight excluding hydrogens is 602 g/mol. The number of carboxylic acids is 4. The molecule has 0 aliphatic carbocycles. The Bertz CT molecular complexity index is 867. The maximum Gasteiger partial charge on any atom is 0.321 e. The van der Waals surface area contributed by atoms with Gasteiger partial charge in [-0.05, 0) is 19.4 Å². The highest BCUT2D eigenvalue weighted by molar-refractivity contribution is 5.84. The molecule has 44 heavy (non-hydrogen) atoms. The number of primary amides is 1. The molecule has 1 saturated heterocycles. The van der Waals surface area contributed by atoms with Crippen LogP contribution in [0.2, 0.25) is 0 Å². The molecule has 22 N–H and O–H groups in total. The van der Waals surface area contributed by atoms with Crippen LogP contribution in [0.3, 0.4) is 0 Å². The van der Waals surface area contributed by atoms with E-state index in [9.17, 15) is 44.1 Å². The fourth-order valence-electron chi connectivity index (χ4n) is 2.44. The standard InChI is InChI=1S/C8H15NO6.C6H14N2O2.C4H8N2O3.2C2H5NO2/c1-3(11)8(14)7(9)6(13)5(12)4(2-10)15-8;7-4-2-1-3-5(8)6(9)10;5-2(4(8)9)1-3(6)7;2*3-1-2(4)5/h4-7,10,12-14H,2,9H2,1H3;5H,1-4,7-8H2,(H,9,10);2H,1,5H2,(H2,6,7)(H,8,9);2*1,3H2,(H,4,5)/t4-,5-,6+,7-,8?;5-;2-;;/m100../s1. The number of ketones is 1. The Balaban J connectivity index is -0.000000243. The number of amides is 1. The average molecular weight is 650 g/mol. The van der Waals surface area contributed by atoms with Crippen LogP contribution < -0.4 is 40.1 Å². The number of rotatable bonds is 12. The number of aliphatic hydroxyl groups excluding tert-OH is 3. The third-order valence-electron chi connectivity index (χ3n) is 4.94. The van der Waals surface area contributed by atoms with Gasteiger partial charge in [0, 0.05) is 6.92 Å². The zero-order valence-electron chi connectivity index (χ0n) is 24.1. The molecule has 22 nitrogen and oxygen atoms in total. The second kappa shape index (κ2) is 26.0. The van der Waals surface area contributed by atoms with Gasteiger partial charge in [-0.25, -0.2) is 0 Å². The lowest BCUT2D eigenvalue weighted by Gasteiger charge is -2.44. The predicted octanol–water partition coefficient (Wildman–Crippen LogP) is -7.44. The molecule has 1 unspecified atom stereocenters. The molecule has 1 rings (SSSR count). The molecular formula is C22H47N7O15. The molecule has 22 heteroatoms. The van der Waals surface area contributed by atoms with Crippen molar-refractivity contribution in [1.82, 2.24) is 0 Å². The molecule has 0 saturated carbocycles. The van der Waals surface area contributed by atoms with Crippen LogP contribution in [0.1, 0.15) is 32.6 Å². The van der Waals surface area contributed by atoms with Crippen LogP contribution in [0, 0.1) is 0 Å². The molecule has 0 aromatic heterocycles. The summed E-state index contributed by atoms with van der Waals surface area (Å²) in [6, 6.07) is -3.33. The van der Waals surface area contributed by atoms with Gasteiger partial charge in [0.05, 0.1) is 32.2 Å². The zero-order chi connectivity index (χ0) is 35.8. The summed E-state index contributed by atoms with van der Waals surface area (Å²) in [7, 11) is 0. The molecule has 1 aliphatic rings. The Labute approximate surface area is 251 Å². The zero-order valence-corrected chi connectivity index (χ0v) is 24.1. The summed E-state index contributed by atoms with van der Waals surface area (Å²) < 4.78 is 4.80. The van der Waals surface area contributed by atoms with Crippen LogP contribution in [0.5, 0.6) is 0 Å². The van der Waals surface area contributed by atoms with Gasteiger partial charge in [-0.2, -0.15) is 0 Å². The van der Waals surface area contributed by atoms with Crippen molar-refractivity contribution in [2.45, 2.75) is 74.8 Å². The van der Waals surface area contributed by atoms with E-state index >= 15 is 0 Å². The Morgan fingerprint density at radius 1 is 0.818 bits per heavy atom. The van der Waals surface area contributed by atoms with E-state index in [0.29, 0.717) is 13.0 Å². The summed E-state index contributed by atoms with van der Waals surface area (Å²) in [5.74, 6) is -7.95. The summed E-state index contributed by atoms with van der Waals surface area (Å²) in [6.45, 7) is 0.450. The lowest BCUT2D eigenvalue weighted by atomic mass is 9.89. The molecule has 0 spiro atoms. The summed E-state index contributed by atoms with van der Waals surface area (Å²) in [6.07, 6.45) is -2.37. The molecule has 1 heterocycles. The van der Waals surface area contributed by atoms with Crippen molar-refractivity contribution in [3.8, 4) is 0 Å². The van der Waals surface area contributed by atoms with Crippen molar-refractivity contribution in [3.05, 3.63) is 0 Å². The highest BCUT2D eigenvalue weighted by Gasteiger charge is 2.54. The van der Waals surface area contributed by atoms with E-state index in [2.05, 4.69) is 17.2 Å². The van der Waals surface area contributed by atoms with Crippen LogP contribution in [0.25, 0.3) is 0 Å². The fourth-order valence-corrected chi connectivity index (χ4v) is 2.44. The third kappa shape index (κ3) is 23.1. The maximum absolute atomic E-state index is 11.1. The van der Waals surface area contributed by atoms with Gasteiger partial charge in [0.1, 0.15) is 30.4 Å². The number of hydrogen-bond donors (Lipinski definition) is 15. The van der Waals surface area contributed by atoms with Crippen LogP contribution in [0.15, 0.2) is 0 Å². The van der Waals surface area contributed by atoms with E-state index in [1.165, 1.54) is 0 Å². The third-order valence-corrected chi connectivity index (χ3v) is 4.94. The van der Waals surface area contributed by atoms with Gasteiger partial charge < -0.3 is 85.7 Å². The van der Waals surface area contributed by atoms with Crippen molar-refractivity contribution in [2.24, 2.45) is 40.1 Å². The molecule has 7 atom stereocenters. The first kappa shape index (κ1) is 47.5. The number of Topliss-reactive ketones (excluding diaryl/α,β-unsaturated/α-hetero) is 1. The minimum atomic E-state index is -2.37. The monoisotopic (exact) mass is 649 g/mol. The van der Waals surface area contributed by atoms with Crippen LogP contribution in [-0.4, -0.2) is 145 Å². The Morgan fingerprint density at radius 2 is 1.23 bits per heavy atom. The highest BCUT2D eigenvalue weighted by Crippen LogP contribution is 2.27. The Morgan fingerprint density at radius 3 is 1.48 bits per heavy atom. The number of carbonyl (C=O) groups excluding carboxylic acids is 2. The van der Waals surface area contributed by atoms with Gasteiger partial charge in [0.2, 0.25) is 11.7 Å². The van der Waals surface area contributed by atoms with Crippen molar-refractivity contribution >= 4 is 35.6 Å². The van der Waals surface area contributed by atoms with E-state index in [4.69, 9.17) is 53.2 Å². The average Bonchev–Trinajstić information content (AvgIpc) is 2.94. The van der Waals surface area contributed by atoms with Gasteiger partial charge >= 0.3 is 23.9 Å². The van der Waals surface area contributed by atoms with Crippen LogP contribution in [0.4, 0.5) is 0 Å². The van der Waals surface area contributed by atoms with Crippen molar-refractivity contribution < 1.29 is 74.4 Å². The quantitative estimate of drug-likeness (QED) is 0.0872. The first-order valence-electron chi connectivity index (χ1n) is 12.5. The Kier molecular flexibility index (Phi) is 28.1. The van der Waals surface area contributed by atoms with Crippen molar-refractivity contribution in [3.63, 3.8) is 0 Å². The van der Waals surface area contributed by atoms with Gasteiger partial charge in [0.25, 0.3) is 0 Å². The first-order chi connectivity index (χ1) is 20.1. The number of unbranched alkanes of at least 4 members (excludes halogenated alkanes) is 1. The molecule has 1 amide bonds. The number of nitrogens with two attached hydrogens (primary N) is 7. The molecule has 0 aromatic carbocycles.